The van der Waals surface area contributed by atoms with Crippen molar-refractivity contribution in [1.29, 1.82) is 0 Å². The maximum atomic E-state index is 13.1. The zero-order valence-corrected chi connectivity index (χ0v) is 17.2. The van der Waals surface area contributed by atoms with Crippen LogP contribution in [0.2, 0.25) is 0 Å². The predicted molar refractivity (Wildman–Crippen MR) is 117 cm³/mol. The van der Waals surface area contributed by atoms with Gasteiger partial charge >= 0.3 is 0 Å². The molecule has 2 heterocycles. The molecule has 0 unspecified atom stereocenters. The lowest BCUT2D eigenvalue weighted by Crippen LogP contribution is -2.17. The van der Waals surface area contributed by atoms with Gasteiger partial charge in [-0.1, -0.05) is 37.5 Å². The Kier molecular flexibility index (Phi) is 6.94. The van der Waals surface area contributed by atoms with Gasteiger partial charge in [-0.3, -0.25) is 4.79 Å². The number of anilines is 2. The minimum atomic E-state index is 0.260. The minimum Gasteiger partial charge on any atom is -0.381 e. The van der Waals surface area contributed by atoms with Crippen LogP contribution in [0.3, 0.4) is 0 Å². The van der Waals surface area contributed by atoms with Gasteiger partial charge in [-0.2, -0.15) is 0 Å². The van der Waals surface area contributed by atoms with E-state index in [0.29, 0.717) is 18.3 Å². The van der Waals surface area contributed by atoms with E-state index in [0.717, 1.165) is 49.5 Å². The molecule has 4 rings (SSSR count). The summed E-state index contributed by atoms with van der Waals surface area (Å²) in [6.07, 6.45) is 11.7. The second-order valence-corrected chi connectivity index (χ2v) is 8.50. The van der Waals surface area contributed by atoms with E-state index in [1.54, 1.807) is 0 Å². The van der Waals surface area contributed by atoms with Crippen molar-refractivity contribution in [3.63, 3.8) is 0 Å². The predicted octanol–water partition coefficient (Wildman–Crippen LogP) is 6.26. The highest BCUT2D eigenvalue weighted by Gasteiger charge is 2.23. The quantitative estimate of drug-likeness (QED) is 0.565. The van der Waals surface area contributed by atoms with Crippen molar-refractivity contribution < 1.29 is 9.53 Å². The smallest absolute Gasteiger partial charge is 0.164 e. The van der Waals surface area contributed by atoms with Crippen LogP contribution in [0, 0.1) is 5.92 Å². The highest BCUT2D eigenvalue weighted by molar-refractivity contribution is 5.97. The Morgan fingerprint density at radius 3 is 2.55 bits per heavy atom. The number of hydrogen-bond acceptors (Lipinski definition) is 4. The minimum absolute atomic E-state index is 0.260. The number of ether oxygens (including phenoxy) is 1. The molecule has 1 aliphatic carbocycles. The lowest BCUT2D eigenvalue weighted by atomic mass is 9.81. The molecule has 1 saturated carbocycles. The number of para-hydroxylation sites is 1. The van der Waals surface area contributed by atoms with Crippen molar-refractivity contribution in [1.82, 2.24) is 4.98 Å². The molecule has 0 radical (unpaired) electrons. The van der Waals surface area contributed by atoms with Crippen LogP contribution < -0.4 is 5.32 Å². The van der Waals surface area contributed by atoms with Crippen molar-refractivity contribution >= 4 is 17.3 Å². The monoisotopic (exact) mass is 392 g/mol. The number of Topliss-reactive ketones (excluding diaryl/α,β-unsaturated/α-hetero) is 1. The number of hydrogen-bond donors (Lipinski definition) is 1. The van der Waals surface area contributed by atoms with Crippen LogP contribution in [0.15, 0.2) is 42.6 Å². The van der Waals surface area contributed by atoms with Gasteiger partial charge < -0.3 is 10.1 Å². The zero-order chi connectivity index (χ0) is 19.9. The molecule has 1 aromatic carbocycles. The molecule has 1 N–H and O–H groups in total. The van der Waals surface area contributed by atoms with E-state index in [1.165, 1.54) is 37.7 Å². The molecule has 1 aromatic heterocycles. The van der Waals surface area contributed by atoms with Crippen LogP contribution in [-0.2, 0) is 4.74 Å². The molecular weight excluding hydrogens is 360 g/mol. The van der Waals surface area contributed by atoms with Crippen molar-refractivity contribution in [3.8, 4) is 0 Å². The van der Waals surface area contributed by atoms with E-state index in [9.17, 15) is 4.79 Å². The summed E-state index contributed by atoms with van der Waals surface area (Å²) in [5.74, 6) is 2.19. The van der Waals surface area contributed by atoms with Gasteiger partial charge in [0.2, 0.25) is 0 Å². The third kappa shape index (κ3) is 5.45. The first-order chi connectivity index (χ1) is 14.3. The Balaban J connectivity index is 1.51. The van der Waals surface area contributed by atoms with Gasteiger partial charge in [-0.05, 0) is 67.7 Å². The Bertz CT molecular complexity index is 794. The Hall–Kier alpha value is -2.20. The summed E-state index contributed by atoms with van der Waals surface area (Å²) in [6, 6.07) is 12.2. The van der Waals surface area contributed by atoms with E-state index in [-0.39, 0.29) is 5.78 Å². The van der Waals surface area contributed by atoms with Crippen molar-refractivity contribution in [3.05, 3.63) is 53.7 Å². The number of aromatic nitrogens is 1. The fraction of sp³-hybridized carbons (Fsp3) is 0.520. The van der Waals surface area contributed by atoms with Crippen LogP contribution >= 0.6 is 0 Å². The van der Waals surface area contributed by atoms with Crippen LogP contribution in [0.1, 0.15) is 79.6 Å². The molecule has 0 amide bonds. The summed E-state index contributed by atoms with van der Waals surface area (Å²) in [5.41, 5.74) is 3.07. The Labute approximate surface area is 174 Å². The number of pyridine rings is 1. The SMILES string of the molecule is O=C(CCC1CCOCC1)c1cnc(Nc2ccccc2)cc1C1CCCCC1. The lowest BCUT2D eigenvalue weighted by molar-refractivity contribution is 0.0619. The molecule has 2 aromatic rings. The molecule has 154 valence electrons. The molecule has 4 heteroatoms. The second-order valence-electron chi connectivity index (χ2n) is 8.50. The molecular formula is C25H32N2O2. The van der Waals surface area contributed by atoms with Gasteiger partial charge in [-0.15, -0.1) is 0 Å². The molecule has 29 heavy (non-hydrogen) atoms. The molecule has 0 atom stereocenters. The Morgan fingerprint density at radius 2 is 1.79 bits per heavy atom. The first-order valence-electron chi connectivity index (χ1n) is 11.2. The first kappa shape index (κ1) is 20.1. The van der Waals surface area contributed by atoms with Crippen molar-refractivity contribution in [2.45, 2.75) is 63.7 Å². The van der Waals surface area contributed by atoms with Crippen LogP contribution in [0.25, 0.3) is 0 Å². The third-order valence-corrected chi connectivity index (χ3v) is 6.45. The average Bonchev–Trinajstić information content (AvgIpc) is 2.79. The number of carbonyl (C=O) groups excluding carboxylic acids is 1. The summed E-state index contributed by atoms with van der Waals surface area (Å²) in [4.78, 5) is 17.7. The van der Waals surface area contributed by atoms with Crippen LogP contribution in [-0.4, -0.2) is 24.0 Å². The molecule has 4 nitrogen and oxygen atoms in total. The number of nitrogens with one attached hydrogen (secondary N) is 1. The largest absolute Gasteiger partial charge is 0.381 e. The van der Waals surface area contributed by atoms with Crippen molar-refractivity contribution in [2.75, 3.05) is 18.5 Å². The topological polar surface area (TPSA) is 51.2 Å². The van der Waals surface area contributed by atoms with Gasteiger partial charge in [-0.25, -0.2) is 4.98 Å². The second kappa shape index (κ2) is 10.0. The maximum absolute atomic E-state index is 13.1. The Morgan fingerprint density at radius 1 is 1.03 bits per heavy atom. The van der Waals surface area contributed by atoms with E-state index in [4.69, 9.17) is 4.74 Å². The standard InChI is InChI=1S/C25H32N2O2/c28-24(12-11-19-13-15-29-16-14-19)23-18-26-25(27-21-9-5-2-6-10-21)17-22(23)20-7-3-1-4-8-20/h2,5-6,9-10,17-20H,1,3-4,7-8,11-16H2,(H,26,27). The number of ketones is 1. The summed E-state index contributed by atoms with van der Waals surface area (Å²) < 4.78 is 5.45. The molecule has 1 saturated heterocycles. The highest BCUT2D eigenvalue weighted by atomic mass is 16.5. The highest BCUT2D eigenvalue weighted by Crippen LogP contribution is 2.36. The number of nitrogens with zero attached hydrogens (tertiary/aromatic N) is 1. The molecule has 1 aliphatic heterocycles. The molecule has 0 spiro atoms. The summed E-state index contributed by atoms with van der Waals surface area (Å²) in [6.45, 7) is 1.68. The van der Waals surface area contributed by atoms with E-state index < -0.39 is 0 Å². The summed E-state index contributed by atoms with van der Waals surface area (Å²) >= 11 is 0. The van der Waals surface area contributed by atoms with E-state index >= 15 is 0 Å². The zero-order valence-electron chi connectivity index (χ0n) is 17.2. The fourth-order valence-corrected chi connectivity index (χ4v) is 4.70. The summed E-state index contributed by atoms with van der Waals surface area (Å²) in [7, 11) is 0. The molecule has 2 aliphatic rings. The van der Waals surface area contributed by atoms with E-state index in [1.807, 2.05) is 36.5 Å². The maximum Gasteiger partial charge on any atom is 0.164 e. The van der Waals surface area contributed by atoms with Crippen molar-refractivity contribution in [2.24, 2.45) is 5.92 Å². The van der Waals surface area contributed by atoms with Gasteiger partial charge in [0.25, 0.3) is 0 Å². The molecule has 0 bridgehead atoms. The van der Waals surface area contributed by atoms with Gasteiger partial charge in [0, 0.05) is 37.1 Å². The van der Waals surface area contributed by atoms with Gasteiger partial charge in [0.05, 0.1) is 0 Å². The lowest BCUT2D eigenvalue weighted by Gasteiger charge is -2.25. The van der Waals surface area contributed by atoms with Gasteiger partial charge in [0.15, 0.2) is 5.78 Å². The normalized spacial score (nSPS) is 18.5. The number of rotatable bonds is 7. The molecule has 2 fully saturated rings. The number of benzene rings is 1. The van der Waals surface area contributed by atoms with Gasteiger partial charge in [0.1, 0.15) is 5.82 Å². The third-order valence-electron chi connectivity index (χ3n) is 6.45. The van der Waals surface area contributed by atoms with E-state index in [2.05, 4.69) is 16.4 Å². The first-order valence-corrected chi connectivity index (χ1v) is 11.2. The van der Waals surface area contributed by atoms with Crippen LogP contribution in [0.5, 0.6) is 0 Å². The van der Waals surface area contributed by atoms with Crippen LogP contribution in [0.4, 0.5) is 11.5 Å². The fourth-order valence-electron chi connectivity index (χ4n) is 4.70. The summed E-state index contributed by atoms with van der Waals surface area (Å²) in [5, 5.41) is 3.40. The number of carbonyl (C=O) groups is 1. The average molecular weight is 393 g/mol.